The maximum absolute atomic E-state index is 12.4. The number of anilines is 1. The molecule has 0 bridgehead atoms. The summed E-state index contributed by atoms with van der Waals surface area (Å²) in [5.41, 5.74) is 1.89. The third kappa shape index (κ3) is 3.22. The van der Waals surface area contributed by atoms with Gasteiger partial charge in [-0.1, -0.05) is 12.1 Å². The Bertz CT molecular complexity index is 1180. The molecule has 11 heteroatoms. The van der Waals surface area contributed by atoms with Crippen LogP contribution in [0.1, 0.15) is 16.3 Å². The predicted octanol–water partition coefficient (Wildman–Crippen LogP) is 2.72. The van der Waals surface area contributed by atoms with Gasteiger partial charge in [-0.15, -0.1) is 16.4 Å². The molecule has 1 aromatic carbocycles. The number of hydrogen-bond donors (Lipinski definition) is 1. The lowest BCUT2D eigenvalue weighted by Crippen LogP contribution is -2.13. The summed E-state index contributed by atoms with van der Waals surface area (Å²) < 4.78 is 1.48. The van der Waals surface area contributed by atoms with E-state index < -0.39 is 10.8 Å². The van der Waals surface area contributed by atoms with Gasteiger partial charge in [-0.25, -0.2) is 14.5 Å². The Balaban J connectivity index is 1.56. The first-order valence-electron chi connectivity index (χ1n) is 7.71. The lowest BCUT2D eigenvalue weighted by atomic mass is 10.1. The molecule has 0 fully saturated rings. The second-order valence-electron chi connectivity index (χ2n) is 5.53. The zero-order valence-electron chi connectivity index (χ0n) is 13.9. The summed E-state index contributed by atoms with van der Waals surface area (Å²) in [6, 6.07) is 7.89. The van der Waals surface area contributed by atoms with Crippen LogP contribution in [0.25, 0.3) is 17.0 Å². The van der Waals surface area contributed by atoms with Gasteiger partial charge in [-0.3, -0.25) is 20.2 Å². The van der Waals surface area contributed by atoms with Crippen molar-refractivity contribution < 1.29 is 9.72 Å². The fraction of sp³-hybridized carbons (Fsp3) is 0.0625. The van der Waals surface area contributed by atoms with Gasteiger partial charge in [-0.2, -0.15) is 4.98 Å². The number of carbonyl (C=O) groups is 1. The predicted molar refractivity (Wildman–Crippen MR) is 97.7 cm³/mol. The molecule has 134 valence electrons. The van der Waals surface area contributed by atoms with Gasteiger partial charge in [0.2, 0.25) is 5.82 Å². The van der Waals surface area contributed by atoms with Crippen molar-refractivity contribution in [2.45, 2.75) is 6.92 Å². The lowest BCUT2D eigenvalue weighted by molar-refractivity contribution is -0.384. The number of carbonyl (C=O) groups excluding carboxylic acids is 1. The van der Waals surface area contributed by atoms with E-state index in [0.717, 1.165) is 5.69 Å². The van der Waals surface area contributed by atoms with Crippen LogP contribution in [0.5, 0.6) is 0 Å². The van der Waals surface area contributed by atoms with Crippen LogP contribution in [0.15, 0.2) is 41.9 Å². The minimum atomic E-state index is -0.514. The highest BCUT2D eigenvalue weighted by Crippen LogP contribution is 2.27. The third-order valence-electron chi connectivity index (χ3n) is 3.71. The number of aromatic nitrogens is 5. The summed E-state index contributed by atoms with van der Waals surface area (Å²) in [7, 11) is 0. The molecule has 0 atom stereocenters. The molecule has 0 unspecified atom stereocenters. The molecule has 1 N–H and O–H groups in total. The smallest absolute Gasteiger partial charge is 0.295 e. The number of nitro benzene ring substituents is 1. The molecule has 3 heterocycles. The topological polar surface area (TPSA) is 128 Å². The molecule has 0 radical (unpaired) electrons. The number of benzene rings is 1. The van der Waals surface area contributed by atoms with E-state index >= 15 is 0 Å². The van der Waals surface area contributed by atoms with Gasteiger partial charge >= 0.3 is 0 Å². The Morgan fingerprint density at radius 3 is 2.93 bits per heavy atom. The first-order chi connectivity index (χ1) is 13.0. The van der Waals surface area contributed by atoms with Crippen LogP contribution in [0.4, 0.5) is 10.8 Å². The van der Waals surface area contributed by atoms with E-state index in [1.807, 2.05) is 6.92 Å². The molecule has 1 amide bonds. The second-order valence-corrected chi connectivity index (χ2v) is 6.39. The van der Waals surface area contributed by atoms with E-state index in [4.69, 9.17) is 0 Å². The molecular formula is C16H11N7O3S. The first kappa shape index (κ1) is 16.7. The summed E-state index contributed by atoms with van der Waals surface area (Å²) in [5.74, 6) is -0.208. The quantitative estimate of drug-likeness (QED) is 0.425. The summed E-state index contributed by atoms with van der Waals surface area (Å²) in [4.78, 5) is 35.3. The summed E-state index contributed by atoms with van der Waals surface area (Å²) in [5, 5.41) is 19.7. The highest BCUT2D eigenvalue weighted by Gasteiger charge is 2.17. The van der Waals surface area contributed by atoms with Gasteiger partial charge in [0, 0.05) is 35.0 Å². The average molecular weight is 381 g/mol. The van der Waals surface area contributed by atoms with Crippen LogP contribution in [0.2, 0.25) is 0 Å². The van der Waals surface area contributed by atoms with Crippen LogP contribution in [0, 0.1) is 17.0 Å². The Morgan fingerprint density at radius 1 is 1.30 bits per heavy atom. The van der Waals surface area contributed by atoms with Crippen molar-refractivity contribution in [3.63, 3.8) is 0 Å². The van der Waals surface area contributed by atoms with E-state index in [1.165, 1.54) is 28.0 Å². The number of hydrogen-bond acceptors (Lipinski definition) is 8. The number of non-ortho nitro benzene ring substituents is 1. The Kier molecular flexibility index (Phi) is 4.05. The number of nitro groups is 1. The van der Waals surface area contributed by atoms with E-state index in [9.17, 15) is 14.9 Å². The summed E-state index contributed by atoms with van der Waals surface area (Å²) in [6.07, 6.45) is 1.59. The molecule has 0 saturated heterocycles. The van der Waals surface area contributed by atoms with E-state index in [1.54, 1.807) is 29.8 Å². The summed E-state index contributed by atoms with van der Waals surface area (Å²) >= 11 is 1.20. The number of rotatable bonds is 4. The molecule has 0 aliphatic heterocycles. The van der Waals surface area contributed by atoms with E-state index in [-0.39, 0.29) is 11.5 Å². The van der Waals surface area contributed by atoms with Crippen LogP contribution in [-0.4, -0.2) is 35.4 Å². The molecular weight excluding hydrogens is 370 g/mol. The number of nitrogens with zero attached hydrogens (tertiary/aromatic N) is 6. The molecule has 0 saturated carbocycles. The molecule has 10 nitrogen and oxygen atoms in total. The van der Waals surface area contributed by atoms with E-state index in [0.29, 0.717) is 22.2 Å². The van der Waals surface area contributed by atoms with Gasteiger partial charge in [0.25, 0.3) is 17.4 Å². The lowest BCUT2D eigenvalue weighted by Gasteiger charge is -1.98. The fourth-order valence-corrected chi connectivity index (χ4v) is 3.11. The van der Waals surface area contributed by atoms with Gasteiger partial charge < -0.3 is 0 Å². The molecule has 0 spiro atoms. The Labute approximate surface area is 155 Å². The van der Waals surface area contributed by atoms with Gasteiger partial charge in [0.05, 0.1) is 10.6 Å². The summed E-state index contributed by atoms with van der Waals surface area (Å²) in [6.45, 7) is 1.83. The normalized spacial score (nSPS) is 10.9. The van der Waals surface area contributed by atoms with Crippen molar-refractivity contribution >= 4 is 33.8 Å². The zero-order valence-corrected chi connectivity index (χ0v) is 14.7. The second kappa shape index (κ2) is 6.53. The van der Waals surface area contributed by atoms with Gasteiger partial charge in [-0.05, 0) is 13.0 Å². The minimum Gasteiger partial charge on any atom is -0.295 e. The maximum atomic E-state index is 12.4. The molecule has 0 aliphatic rings. The molecule has 4 aromatic rings. The van der Waals surface area contributed by atoms with Gasteiger partial charge in [0.1, 0.15) is 0 Å². The van der Waals surface area contributed by atoms with Gasteiger partial charge in [0.15, 0.2) is 5.13 Å². The number of thiazole rings is 1. The van der Waals surface area contributed by atoms with Crippen LogP contribution in [-0.2, 0) is 0 Å². The first-order valence-corrected chi connectivity index (χ1v) is 8.59. The standard InChI is InChI=1S/C16H11N7O3S/c1-9-5-6-17-15-19-13(21-22(9)15)14(24)20-16-18-12(8-27-16)10-3-2-4-11(7-10)23(25)26/h2-8H,1H3,(H,18,20,24). The van der Waals surface area contributed by atoms with Crippen LogP contribution >= 0.6 is 11.3 Å². The van der Waals surface area contributed by atoms with Crippen molar-refractivity contribution in [3.05, 3.63) is 63.5 Å². The highest BCUT2D eigenvalue weighted by atomic mass is 32.1. The average Bonchev–Trinajstić information content (AvgIpc) is 3.29. The SMILES string of the molecule is Cc1ccnc2nc(C(=O)Nc3nc(-c4cccc([N+](=O)[O-])c4)cs3)nn12. The zero-order chi connectivity index (χ0) is 19.0. The van der Waals surface area contributed by atoms with Crippen LogP contribution in [0.3, 0.4) is 0 Å². The maximum Gasteiger partial charge on any atom is 0.297 e. The number of amides is 1. The Hall–Kier alpha value is -3.73. The van der Waals surface area contributed by atoms with Crippen LogP contribution < -0.4 is 5.32 Å². The highest BCUT2D eigenvalue weighted by molar-refractivity contribution is 7.14. The fourth-order valence-electron chi connectivity index (χ4n) is 2.40. The molecule has 0 aliphatic carbocycles. The van der Waals surface area contributed by atoms with Crippen molar-refractivity contribution in [2.75, 3.05) is 5.32 Å². The molecule has 4 rings (SSSR count). The van der Waals surface area contributed by atoms with Crippen molar-refractivity contribution in [2.24, 2.45) is 0 Å². The number of fused-ring (bicyclic) bond motifs is 1. The molecule has 3 aromatic heterocycles. The minimum absolute atomic E-state index is 0.0242. The monoisotopic (exact) mass is 381 g/mol. The molecule has 27 heavy (non-hydrogen) atoms. The van der Waals surface area contributed by atoms with E-state index in [2.05, 4.69) is 25.4 Å². The van der Waals surface area contributed by atoms with Crippen molar-refractivity contribution in [1.82, 2.24) is 24.6 Å². The number of aryl methyl sites for hydroxylation is 1. The van der Waals surface area contributed by atoms with Crippen molar-refractivity contribution in [3.8, 4) is 11.3 Å². The van der Waals surface area contributed by atoms with Crippen molar-refractivity contribution in [1.29, 1.82) is 0 Å². The largest absolute Gasteiger partial charge is 0.297 e. The third-order valence-corrected chi connectivity index (χ3v) is 4.47. The Morgan fingerprint density at radius 2 is 2.15 bits per heavy atom. The number of nitrogens with one attached hydrogen (secondary N) is 1.